The summed E-state index contributed by atoms with van der Waals surface area (Å²) in [5, 5.41) is 2.99. The fourth-order valence-corrected chi connectivity index (χ4v) is 3.45. The Bertz CT molecular complexity index is 995. The van der Waals surface area contributed by atoms with E-state index in [0.717, 1.165) is 4.90 Å². The number of carbonyl (C=O) groups excluding carboxylic acids is 2. The summed E-state index contributed by atoms with van der Waals surface area (Å²) in [6, 6.07) is 3.08. The molecule has 0 saturated carbocycles. The maximum Gasteiger partial charge on any atom is 0.416 e. The minimum absolute atomic E-state index is 0.0991. The molecule has 2 aliphatic rings. The second-order valence-electron chi connectivity index (χ2n) is 7.32. The van der Waals surface area contributed by atoms with E-state index in [1.54, 1.807) is 35.9 Å². The highest BCUT2D eigenvalue weighted by atomic mass is 19.3. The zero-order chi connectivity index (χ0) is 21.6. The molecule has 4 rings (SSSR count). The standard InChI is InChI=1S/C19H21F2N5O4/c1-9-7-29-14-5-11(23-10(2)17(22)27)3-4-12(14)18-24-15(6-25(9)18)26-13(16(20)21)8-30-19(26)28/h3-6,9-10,13,16,23H,7-8H2,1-2H3,(H2,22,27)/t9-,10?,13+/m1/s1. The number of fused-ring (bicyclic) bond motifs is 3. The molecule has 2 aromatic rings. The molecule has 160 valence electrons. The van der Waals surface area contributed by atoms with Crippen molar-refractivity contribution >= 4 is 23.5 Å². The maximum absolute atomic E-state index is 13.4. The number of ether oxygens (including phenoxy) is 2. The molecule has 11 heteroatoms. The van der Waals surface area contributed by atoms with Crippen LogP contribution in [0.1, 0.15) is 19.9 Å². The van der Waals surface area contributed by atoms with E-state index in [1.807, 2.05) is 6.92 Å². The van der Waals surface area contributed by atoms with E-state index in [-0.39, 0.29) is 18.5 Å². The van der Waals surface area contributed by atoms with Gasteiger partial charge >= 0.3 is 6.09 Å². The van der Waals surface area contributed by atoms with Gasteiger partial charge in [-0.3, -0.25) is 4.79 Å². The second-order valence-corrected chi connectivity index (χ2v) is 7.32. The predicted molar refractivity (Wildman–Crippen MR) is 104 cm³/mol. The lowest BCUT2D eigenvalue weighted by Crippen LogP contribution is -2.38. The Kier molecular flexibility index (Phi) is 4.96. The molecule has 9 nitrogen and oxygen atoms in total. The van der Waals surface area contributed by atoms with Crippen LogP contribution in [0.25, 0.3) is 11.4 Å². The van der Waals surface area contributed by atoms with Gasteiger partial charge in [0, 0.05) is 18.0 Å². The van der Waals surface area contributed by atoms with Gasteiger partial charge in [-0.1, -0.05) is 0 Å². The zero-order valence-corrected chi connectivity index (χ0v) is 16.3. The Morgan fingerprint density at radius 3 is 2.80 bits per heavy atom. The molecular formula is C19H21F2N5O4. The van der Waals surface area contributed by atoms with Crippen molar-refractivity contribution in [3.63, 3.8) is 0 Å². The molecule has 3 heterocycles. The van der Waals surface area contributed by atoms with E-state index in [2.05, 4.69) is 10.3 Å². The highest BCUT2D eigenvalue weighted by Gasteiger charge is 2.42. The SMILES string of the molecule is CC(Nc1ccc2c(c1)OC[C@@H](C)n1cc(N3C(=O)OC[C@H]3C(F)F)nc1-2)C(N)=O. The number of benzene rings is 1. The number of nitrogens with two attached hydrogens (primary N) is 1. The molecular weight excluding hydrogens is 400 g/mol. The molecule has 1 unspecified atom stereocenters. The number of cyclic esters (lactones) is 1. The van der Waals surface area contributed by atoms with Gasteiger partial charge in [0.05, 0.1) is 11.6 Å². The van der Waals surface area contributed by atoms with Crippen LogP contribution in [0.4, 0.5) is 25.1 Å². The summed E-state index contributed by atoms with van der Waals surface area (Å²) in [7, 11) is 0. The highest BCUT2D eigenvalue weighted by molar-refractivity contribution is 5.90. The van der Waals surface area contributed by atoms with Crippen molar-refractivity contribution in [2.45, 2.75) is 38.4 Å². The number of halogens is 2. The smallest absolute Gasteiger partial charge is 0.416 e. The molecule has 0 bridgehead atoms. The molecule has 2 aliphatic heterocycles. The molecule has 1 fully saturated rings. The van der Waals surface area contributed by atoms with Crippen molar-refractivity contribution in [3.05, 3.63) is 24.4 Å². The van der Waals surface area contributed by atoms with E-state index < -0.39 is 30.5 Å². The lowest BCUT2D eigenvalue weighted by molar-refractivity contribution is -0.118. The van der Waals surface area contributed by atoms with Gasteiger partial charge in [-0.2, -0.15) is 0 Å². The van der Waals surface area contributed by atoms with Crippen molar-refractivity contribution < 1.29 is 27.8 Å². The van der Waals surface area contributed by atoms with E-state index in [9.17, 15) is 18.4 Å². The fourth-order valence-electron chi connectivity index (χ4n) is 3.45. The third-order valence-corrected chi connectivity index (χ3v) is 5.15. The van der Waals surface area contributed by atoms with Gasteiger partial charge in [0.1, 0.15) is 36.9 Å². The number of aromatic nitrogens is 2. The summed E-state index contributed by atoms with van der Waals surface area (Å²) in [5.74, 6) is 0.592. The maximum atomic E-state index is 13.4. The van der Waals surface area contributed by atoms with Crippen LogP contribution in [0.2, 0.25) is 0 Å². The van der Waals surface area contributed by atoms with E-state index in [1.165, 1.54) is 0 Å². The number of carbonyl (C=O) groups is 2. The molecule has 30 heavy (non-hydrogen) atoms. The van der Waals surface area contributed by atoms with Crippen LogP contribution >= 0.6 is 0 Å². The lowest BCUT2D eigenvalue weighted by Gasteiger charge is -2.18. The summed E-state index contributed by atoms with van der Waals surface area (Å²) in [6.07, 6.45) is -2.05. The average Bonchev–Trinajstić information content (AvgIpc) is 3.26. The van der Waals surface area contributed by atoms with Crippen molar-refractivity contribution in [2.24, 2.45) is 5.73 Å². The van der Waals surface area contributed by atoms with Crippen molar-refractivity contribution in [3.8, 4) is 17.1 Å². The monoisotopic (exact) mass is 421 g/mol. The first-order chi connectivity index (χ1) is 14.3. The first kappa shape index (κ1) is 19.9. The number of anilines is 2. The number of nitrogens with zero attached hydrogens (tertiary/aromatic N) is 3. The fraction of sp³-hybridized carbons (Fsp3) is 0.421. The number of imidazole rings is 1. The van der Waals surface area contributed by atoms with Gasteiger partial charge in [-0.15, -0.1) is 0 Å². The van der Waals surface area contributed by atoms with Crippen LogP contribution in [-0.2, 0) is 9.53 Å². The first-order valence-electron chi connectivity index (χ1n) is 9.42. The number of amides is 2. The lowest BCUT2D eigenvalue weighted by atomic mass is 10.1. The van der Waals surface area contributed by atoms with Gasteiger partial charge < -0.3 is 25.1 Å². The third kappa shape index (κ3) is 3.40. The van der Waals surface area contributed by atoms with Crippen molar-refractivity contribution in [1.82, 2.24) is 9.55 Å². The summed E-state index contributed by atoms with van der Waals surface area (Å²) in [4.78, 5) is 28.7. The Morgan fingerprint density at radius 1 is 1.33 bits per heavy atom. The van der Waals surface area contributed by atoms with Crippen LogP contribution in [0, 0.1) is 0 Å². The molecule has 1 saturated heterocycles. The largest absolute Gasteiger partial charge is 0.491 e. The number of alkyl halides is 2. The van der Waals surface area contributed by atoms with Crippen molar-refractivity contribution in [2.75, 3.05) is 23.4 Å². The Hall–Kier alpha value is -3.37. The first-order valence-corrected chi connectivity index (χ1v) is 9.42. The molecule has 0 aliphatic carbocycles. The molecule has 2 amide bonds. The number of nitrogens with one attached hydrogen (secondary N) is 1. The van der Waals surface area contributed by atoms with Crippen molar-refractivity contribution in [1.29, 1.82) is 0 Å². The quantitative estimate of drug-likeness (QED) is 0.767. The molecule has 3 N–H and O–H groups in total. The zero-order valence-electron chi connectivity index (χ0n) is 16.3. The minimum atomic E-state index is -2.76. The molecule has 0 radical (unpaired) electrons. The van der Waals surface area contributed by atoms with Crippen LogP contribution in [0.15, 0.2) is 24.4 Å². The Labute approximate surface area is 170 Å². The topological polar surface area (TPSA) is 112 Å². The van der Waals surface area contributed by atoms with Gasteiger partial charge in [0.15, 0.2) is 5.82 Å². The van der Waals surface area contributed by atoms with Gasteiger partial charge in [0.25, 0.3) is 6.43 Å². The van der Waals surface area contributed by atoms with E-state index >= 15 is 0 Å². The molecule has 1 aromatic heterocycles. The minimum Gasteiger partial charge on any atom is -0.491 e. The van der Waals surface area contributed by atoms with E-state index in [0.29, 0.717) is 29.4 Å². The van der Waals surface area contributed by atoms with Crippen LogP contribution in [-0.4, -0.2) is 53.3 Å². The Balaban J connectivity index is 1.72. The molecule has 3 atom stereocenters. The number of hydrogen-bond donors (Lipinski definition) is 2. The predicted octanol–water partition coefficient (Wildman–Crippen LogP) is 2.38. The van der Waals surface area contributed by atoms with Gasteiger partial charge in [-0.25, -0.2) is 23.5 Å². The third-order valence-electron chi connectivity index (χ3n) is 5.15. The van der Waals surface area contributed by atoms with Gasteiger partial charge in [-0.05, 0) is 26.0 Å². The van der Waals surface area contributed by atoms with Gasteiger partial charge in [0.2, 0.25) is 5.91 Å². The number of hydrogen-bond acceptors (Lipinski definition) is 6. The number of primary amides is 1. The highest BCUT2D eigenvalue weighted by Crippen LogP contribution is 2.39. The van der Waals surface area contributed by atoms with E-state index in [4.69, 9.17) is 15.2 Å². The molecule has 0 spiro atoms. The molecule has 1 aromatic carbocycles. The normalized spacial score (nSPS) is 21.4. The Morgan fingerprint density at radius 2 is 2.10 bits per heavy atom. The summed E-state index contributed by atoms with van der Waals surface area (Å²) < 4.78 is 39.2. The van der Waals surface area contributed by atoms with Crippen LogP contribution in [0.3, 0.4) is 0 Å². The summed E-state index contributed by atoms with van der Waals surface area (Å²) in [6.45, 7) is 3.45. The number of rotatable bonds is 5. The summed E-state index contributed by atoms with van der Waals surface area (Å²) >= 11 is 0. The average molecular weight is 421 g/mol. The second kappa shape index (κ2) is 7.47. The van der Waals surface area contributed by atoms with Crippen LogP contribution < -0.4 is 20.7 Å². The van der Waals surface area contributed by atoms with Crippen LogP contribution in [0.5, 0.6) is 5.75 Å². The summed E-state index contributed by atoms with van der Waals surface area (Å²) in [5.41, 5.74) is 6.55.